The predicted octanol–water partition coefficient (Wildman–Crippen LogP) is 1.31. The highest BCUT2D eigenvalue weighted by atomic mass is 32.1. The quantitative estimate of drug-likeness (QED) is 0.707. The Balaban J connectivity index is 5.32. The number of nitrogens with zero attached hydrogens (tertiary/aromatic N) is 1. The maximum Gasteiger partial charge on any atom is 0.235 e. The molecule has 0 saturated heterocycles. The Morgan fingerprint density at radius 3 is 2.00 bits per heavy atom. The molecular weight excluding hydrogens is 236 g/mol. The van der Waals surface area contributed by atoms with Crippen molar-refractivity contribution in [1.82, 2.24) is 4.90 Å². The van der Waals surface area contributed by atoms with Crippen molar-refractivity contribution in [3.05, 3.63) is 0 Å². The predicted molar refractivity (Wildman–Crippen MR) is 73.7 cm³/mol. The lowest BCUT2D eigenvalue weighted by Gasteiger charge is -2.41. The van der Waals surface area contributed by atoms with Gasteiger partial charge in [0.05, 0.1) is 22.5 Å². The third-order valence-corrected chi connectivity index (χ3v) is 4.08. The minimum atomic E-state index is -0.795. The first-order valence-corrected chi connectivity index (χ1v) is 6.29. The van der Waals surface area contributed by atoms with Gasteiger partial charge in [0.1, 0.15) is 0 Å². The average Bonchev–Trinajstić information content (AvgIpc) is 2.29. The van der Waals surface area contributed by atoms with Crippen LogP contribution in [0.2, 0.25) is 0 Å². The number of nitrogens with two attached hydrogens (primary N) is 1. The van der Waals surface area contributed by atoms with Crippen molar-refractivity contribution in [2.45, 2.75) is 46.1 Å². The van der Waals surface area contributed by atoms with Crippen LogP contribution in [0, 0.1) is 5.41 Å². The van der Waals surface area contributed by atoms with Crippen molar-refractivity contribution in [2.75, 3.05) is 13.7 Å². The zero-order valence-electron chi connectivity index (χ0n) is 11.4. The summed E-state index contributed by atoms with van der Waals surface area (Å²) in [6.07, 6.45) is 1.15. The standard InChI is InChI=1S/C12H24N2O2S/c1-6-12(7-2,9(13)17)10(16)14(5)11(3,4)8-15/h15H,6-8H2,1-5H3,(H2,13,17). The largest absolute Gasteiger partial charge is 0.394 e. The number of thiocarbonyl (C=S) groups is 1. The van der Waals surface area contributed by atoms with Gasteiger partial charge in [0, 0.05) is 7.05 Å². The molecule has 0 aliphatic carbocycles. The number of carbonyl (C=O) groups excluding carboxylic acids is 1. The molecule has 0 fully saturated rings. The summed E-state index contributed by atoms with van der Waals surface area (Å²) in [5.41, 5.74) is 4.33. The van der Waals surface area contributed by atoms with Crippen molar-refractivity contribution in [3.8, 4) is 0 Å². The molecule has 17 heavy (non-hydrogen) atoms. The molecule has 0 aromatic carbocycles. The van der Waals surface area contributed by atoms with Crippen LogP contribution >= 0.6 is 12.2 Å². The lowest BCUT2D eigenvalue weighted by atomic mass is 9.80. The molecule has 3 N–H and O–H groups in total. The second-order valence-corrected chi connectivity index (χ2v) is 5.43. The van der Waals surface area contributed by atoms with E-state index in [1.54, 1.807) is 25.8 Å². The van der Waals surface area contributed by atoms with Crippen LogP contribution in [0.15, 0.2) is 0 Å². The molecule has 0 atom stereocenters. The van der Waals surface area contributed by atoms with Crippen molar-refractivity contribution < 1.29 is 9.90 Å². The summed E-state index contributed by atoms with van der Waals surface area (Å²) in [6.45, 7) is 7.32. The highest BCUT2D eigenvalue weighted by Crippen LogP contribution is 2.31. The van der Waals surface area contributed by atoms with E-state index >= 15 is 0 Å². The molecule has 0 aromatic heterocycles. The van der Waals surface area contributed by atoms with E-state index in [-0.39, 0.29) is 17.5 Å². The van der Waals surface area contributed by atoms with Crippen LogP contribution in [0.4, 0.5) is 0 Å². The van der Waals surface area contributed by atoms with Crippen LogP contribution in [0.1, 0.15) is 40.5 Å². The first-order chi connectivity index (χ1) is 7.69. The molecule has 1 amide bonds. The summed E-state index contributed by atoms with van der Waals surface area (Å²) in [7, 11) is 1.68. The van der Waals surface area contributed by atoms with Gasteiger partial charge >= 0.3 is 0 Å². The lowest BCUT2D eigenvalue weighted by Crippen LogP contribution is -2.56. The Morgan fingerprint density at radius 1 is 1.35 bits per heavy atom. The topological polar surface area (TPSA) is 66.6 Å². The Bertz CT molecular complexity index is 299. The molecule has 4 nitrogen and oxygen atoms in total. The molecule has 100 valence electrons. The second-order valence-electron chi connectivity index (χ2n) is 4.99. The number of hydrogen-bond donors (Lipinski definition) is 2. The van der Waals surface area contributed by atoms with Crippen molar-refractivity contribution in [2.24, 2.45) is 11.1 Å². The zero-order valence-corrected chi connectivity index (χ0v) is 12.2. The molecule has 0 aliphatic heterocycles. The van der Waals surface area contributed by atoms with Gasteiger partial charge in [-0.05, 0) is 26.7 Å². The summed E-state index contributed by atoms with van der Waals surface area (Å²) in [5, 5.41) is 9.31. The Labute approximate surface area is 109 Å². The van der Waals surface area contributed by atoms with Gasteiger partial charge in [-0.3, -0.25) is 4.79 Å². The number of carbonyl (C=O) groups is 1. The van der Waals surface area contributed by atoms with E-state index in [4.69, 9.17) is 18.0 Å². The maximum absolute atomic E-state index is 12.5. The average molecular weight is 260 g/mol. The smallest absolute Gasteiger partial charge is 0.235 e. The van der Waals surface area contributed by atoms with Crippen LogP contribution < -0.4 is 5.73 Å². The molecule has 0 aromatic rings. The number of aliphatic hydroxyl groups excluding tert-OH is 1. The summed E-state index contributed by atoms with van der Waals surface area (Å²) in [5.74, 6) is -0.117. The van der Waals surface area contributed by atoms with E-state index in [1.807, 2.05) is 13.8 Å². The van der Waals surface area contributed by atoms with E-state index in [0.717, 1.165) is 0 Å². The summed E-state index contributed by atoms with van der Waals surface area (Å²) >= 11 is 5.05. The molecule has 5 heteroatoms. The van der Waals surface area contributed by atoms with Gasteiger partial charge in [-0.1, -0.05) is 26.1 Å². The molecule has 0 heterocycles. The van der Waals surface area contributed by atoms with E-state index in [2.05, 4.69) is 0 Å². The van der Waals surface area contributed by atoms with Crippen LogP contribution in [-0.2, 0) is 4.79 Å². The number of amides is 1. The van der Waals surface area contributed by atoms with E-state index < -0.39 is 11.0 Å². The molecule has 0 radical (unpaired) electrons. The lowest BCUT2D eigenvalue weighted by molar-refractivity contribution is -0.143. The molecule has 0 spiro atoms. The van der Waals surface area contributed by atoms with Crippen LogP contribution in [-0.4, -0.2) is 40.1 Å². The molecule has 0 aliphatic rings. The molecule has 0 rings (SSSR count). The third-order valence-electron chi connectivity index (χ3n) is 3.69. The fraction of sp³-hybridized carbons (Fsp3) is 0.833. The molecule has 0 bridgehead atoms. The van der Waals surface area contributed by atoms with Crippen LogP contribution in [0.25, 0.3) is 0 Å². The molecule has 0 unspecified atom stereocenters. The van der Waals surface area contributed by atoms with Gasteiger partial charge in [0.15, 0.2) is 0 Å². The van der Waals surface area contributed by atoms with E-state index in [9.17, 15) is 9.90 Å². The van der Waals surface area contributed by atoms with E-state index in [0.29, 0.717) is 12.8 Å². The Kier molecular flexibility index (Phi) is 5.55. The summed E-state index contributed by atoms with van der Waals surface area (Å²) in [4.78, 5) is 14.3. The highest BCUT2D eigenvalue weighted by Gasteiger charge is 2.43. The van der Waals surface area contributed by atoms with Crippen molar-refractivity contribution >= 4 is 23.1 Å². The number of likely N-dealkylation sites (N-methyl/N-ethyl adjacent to an activating group) is 1. The Morgan fingerprint density at radius 2 is 1.76 bits per heavy atom. The summed E-state index contributed by atoms with van der Waals surface area (Å²) in [6, 6.07) is 0. The van der Waals surface area contributed by atoms with Gasteiger partial charge in [0.25, 0.3) is 0 Å². The van der Waals surface area contributed by atoms with Crippen LogP contribution in [0.5, 0.6) is 0 Å². The molecule has 0 saturated carbocycles. The highest BCUT2D eigenvalue weighted by molar-refractivity contribution is 7.80. The minimum absolute atomic E-state index is 0.101. The number of hydrogen-bond acceptors (Lipinski definition) is 3. The normalized spacial score (nSPS) is 12.4. The van der Waals surface area contributed by atoms with Gasteiger partial charge in [0.2, 0.25) is 5.91 Å². The first kappa shape index (κ1) is 16.3. The zero-order chi connectivity index (χ0) is 13.9. The molecular formula is C12H24N2O2S. The SMILES string of the molecule is CCC(CC)(C(=O)N(C)C(C)(C)CO)C(N)=S. The Hall–Kier alpha value is -0.680. The van der Waals surface area contributed by atoms with Crippen LogP contribution in [0.3, 0.4) is 0 Å². The number of rotatable bonds is 6. The summed E-state index contributed by atoms with van der Waals surface area (Å²) < 4.78 is 0. The maximum atomic E-state index is 12.5. The van der Waals surface area contributed by atoms with Gasteiger partial charge in [-0.2, -0.15) is 0 Å². The third kappa shape index (κ3) is 2.96. The van der Waals surface area contributed by atoms with Gasteiger partial charge < -0.3 is 15.7 Å². The fourth-order valence-corrected chi connectivity index (χ4v) is 2.08. The van der Waals surface area contributed by atoms with Gasteiger partial charge in [-0.15, -0.1) is 0 Å². The monoisotopic (exact) mass is 260 g/mol. The minimum Gasteiger partial charge on any atom is -0.394 e. The van der Waals surface area contributed by atoms with Crippen molar-refractivity contribution in [1.29, 1.82) is 0 Å². The number of aliphatic hydroxyl groups is 1. The first-order valence-electron chi connectivity index (χ1n) is 5.88. The van der Waals surface area contributed by atoms with Gasteiger partial charge in [-0.25, -0.2) is 0 Å². The fourth-order valence-electron chi connectivity index (χ4n) is 1.71. The second kappa shape index (κ2) is 5.78. The van der Waals surface area contributed by atoms with Crippen molar-refractivity contribution in [3.63, 3.8) is 0 Å². The van der Waals surface area contributed by atoms with E-state index in [1.165, 1.54) is 0 Å².